The van der Waals surface area contributed by atoms with E-state index in [9.17, 15) is 0 Å². The second kappa shape index (κ2) is 4.19. The molecule has 1 fully saturated rings. The van der Waals surface area contributed by atoms with Crippen LogP contribution in [0.1, 0.15) is 47.0 Å². The van der Waals surface area contributed by atoms with Crippen LogP contribution in [0.15, 0.2) is 0 Å². The molecule has 14 heavy (non-hydrogen) atoms. The maximum absolute atomic E-state index is 6.00. The average Bonchev–Trinajstić information content (AvgIpc) is 2.93. The molecule has 0 saturated heterocycles. The molecule has 0 aromatic carbocycles. The highest BCUT2D eigenvalue weighted by molar-refractivity contribution is 5.09. The quantitative estimate of drug-likeness (QED) is 0.709. The first-order valence-corrected chi connectivity index (χ1v) is 5.99. The lowest BCUT2D eigenvalue weighted by Gasteiger charge is -2.45. The fraction of sp³-hybridized carbons (Fsp3) is 1.00. The van der Waals surface area contributed by atoms with Crippen LogP contribution in [-0.4, -0.2) is 30.1 Å². The largest absolute Gasteiger partial charge is 0.329 e. The zero-order chi connectivity index (χ0) is 10.8. The topological polar surface area (TPSA) is 29.3 Å². The molecule has 1 saturated carbocycles. The summed E-state index contributed by atoms with van der Waals surface area (Å²) in [5.74, 6) is 0. The summed E-state index contributed by atoms with van der Waals surface area (Å²) in [6, 6.07) is 0. The van der Waals surface area contributed by atoms with Crippen LogP contribution in [-0.2, 0) is 0 Å². The van der Waals surface area contributed by atoms with Crippen molar-refractivity contribution >= 4 is 0 Å². The van der Waals surface area contributed by atoms with Crippen LogP contribution in [0.4, 0.5) is 0 Å². The van der Waals surface area contributed by atoms with Gasteiger partial charge in [-0.25, -0.2) is 0 Å². The van der Waals surface area contributed by atoms with E-state index < -0.39 is 0 Å². The minimum atomic E-state index is 0.220. The Morgan fingerprint density at radius 3 is 2.21 bits per heavy atom. The predicted octanol–water partition coefficient (Wildman–Crippen LogP) is 2.24. The fourth-order valence-corrected chi connectivity index (χ4v) is 2.51. The molecule has 2 N–H and O–H groups in total. The van der Waals surface area contributed by atoms with Crippen LogP contribution in [0.3, 0.4) is 0 Å². The van der Waals surface area contributed by atoms with Crippen molar-refractivity contribution in [3.8, 4) is 0 Å². The number of hydrogen-bond acceptors (Lipinski definition) is 2. The summed E-state index contributed by atoms with van der Waals surface area (Å²) >= 11 is 0. The number of nitrogens with two attached hydrogens (primary N) is 1. The first-order chi connectivity index (χ1) is 6.54. The van der Waals surface area contributed by atoms with Crippen molar-refractivity contribution in [2.24, 2.45) is 11.1 Å². The molecule has 0 heterocycles. The lowest BCUT2D eigenvalue weighted by Crippen LogP contribution is -2.57. The van der Waals surface area contributed by atoms with E-state index in [1.54, 1.807) is 0 Å². The highest BCUT2D eigenvalue weighted by Crippen LogP contribution is 2.55. The Labute approximate surface area is 88.8 Å². The van der Waals surface area contributed by atoms with Crippen LogP contribution in [0.5, 0.6) is 0 Å². The van der Waals surface area contributed by atoms with Gasteiger partial charge in [0.15, 0.2) is 0 Å². The molecule has 0 aliphatic heterocycles. The normalized spacial score (nSPS) is 23.6. The molecule has 2 nitrogen and oxygen atoms in total. The minimum absolute atomic E-state index is 0.220. The van der Waals surface area contributed by atoms with Crippen molar-refractivity contribution in [3.05, 3.63) is 0 Å². The lowest BCUT2D eigenvalue weighted by atomic mass is 9.82. The summed E-state index contributed by atoms with van der Waals surface area (Å²) in [6.45, 7) is 12.3. The molecule has 0 aromatic rings. The van der Waals surface area contributed by atoms with Crippen molar-refractivity contribution in [1.29, 1.82) is 0 Å². The molecule has 0 radical (unpaired) electrons. The third-order valence-corrected chi connectivity index (χ3v) is 4.27. The molecule has 1 unspecified atom stereocenters. The zero-order valence-corrected chi connectivity index (χ0v) is 10.3. The number of rotatable bonds is 6. The highest BCUT2D eigenvalue weighted by atomic mass is 15.2. The summed E-state index contributed by atoms with van der Waals surface area (Å²) in [6.07, 6.45) is 3.92. The predicted molar refractivity (Wildman–Crippen MR) is 62.3 cm³/mol. The van der Waals surface area contributed by atoms with Gasteiger partial charge in [0.25, 0.3) is 0 Å². The molecule has 0 spiro atoms. The second-order valence-corrected chi connectivity index (χ2v) is 5.12. The van der Waals surface area contributed by atoms with Gasteiger partial charge in [-0.1, -0.05) is 20.8 Å². The third-order valence-electron chi connectivity index (χ3n) is 4.27. The molecule has 1 aliphatic rings. The van der Waals surface area contributed by atoms with Crippen LogP contribution >= 0.6 is 0 Å². The number of nitrogens with zero attached hydrogens (tertiary/aromatic N) is 1. The maximum Gasteiger partial charge on any atom is 0.0356 e. The zero-order valence-electron chi connectivity index (χ0n) is 10.3. The Balaban J connectivity index is 2.75. The Morgan fingerprint density at radius 1 is 1.36 bits per heavy atom. The van der Waals surface area contributed by atoms with Gasteiger partial charge in [0.2, 0.25) is 0 Å². The summed E-state index contributed by atoms with van der Waals surface area (Å²) in [4.78, 5) is 2.57. The smallest absolute Gasteiger partial charge is 0.0356 e. The molecule has 0 bridgehead atoms. The van der Waals surface area contributed by atoms with E-state index in [0.717, 1.165) is 13.1 Å². The molecule has 1 rings (SSSR count). The number of hydrogen-bond donors (Lipinski definition) is 1. The molecule has 0 aromatic heterocycles. The molecule has 84 valence electrons. The Hall–Kier alpha value is -0.0800. The van der Waals surface area contributed by atoms with Crippen molar-refractivity contribution < 1.29 is 0 Å². The van der Waals surface area contributed by atoms with E-state index >= 15 is 0 Å². The van der Waals surface area contributed by atoms with Crippen LogP contribution in [0.25, 0.3) is 0 Å². The highest BCUT2D eigenvalue weighted by Gasteiger charge is 2.54. The van der Waals surface area contributed by atoms with Crippen LogP contribution in [0, 0.1) is 5.41 Å². The Bertz CT molecular complexity index is 187. The van der Waals surface area contributed by atoms with E-state index in [0.29, 0.717) is 5.41 Å². The number of likely N-dealkylation sites (N-methyl/N-ethyl adjacent to an activating group) is 1. The van der Waals surface area contributed by atoms with E-state index in [1.165, 1.54) is 25.8 Å². The van der Waals surface area contributed by atoms with Gasteiger partial charge in [-0.3, -0.25) is 4.90 Å². The van der Waals surface area contributed by atoms with Crippen molar-refractivity contribution in [2.75, 3.05) is 19.6 Å². The van der Waals surface area contributed by atoms with E-state index in [4.69, 9.17) is 5.73 Å². The minimum Gasteiger partial charge on any atom is -0.329 e. The van der Waals surface area contributed by atoms with Crippen molar-refractivity contribution in [3.63, 3.8) is 0 Å². The first-order valence-electron chi connectivity index (χ1n) is 5.99. The fourth-order valence-electron chi connectivity index (χ4n) is 2.51. The summed E-state index contributed by atoms with van der Waals surface area (Å²) < 4.78 is 0. The van der Waals surface area contributed by atoms with Gasteiger partial charge >= 0.3 is 0 Å². The van der Waals surface area contributed by atoms with Gasteiger partial charge in [-0.2, -0.15) is 0 Å². The molecular weight excluding hydrogens is 172 g/mol. The molecule has 0 amide bonds. The standard InChI is InChI=1S/C12H26N2/c1-5-9-14(6-2)12(4,10-13)11(3)7-8-11/h5-10,13H2,1-4H3. The van der Waals surface area contributed by atoms with Gasteiger partial charge in [0.1, 0.15) is 0 Å². The van der Waals surface area contributed by atoms with Crippen molar-refractivity contribution in [1.82, 2.24) is 4.90 Å². The second-order valence-electron chi connectivity index (χ2n) is 5.12. The monoisotopic (exact) mass is 198 g/mol. The molecule has 1 aliphatic carbocycles. The van der Waals surface area contributed by atoms with Gasteiger partial charge in [0, 0.05) is 12.1 Å². The van der Waals surface area contributed by atoms with Gasteiger partial charge < -0.3 is 5.73 Å². The molecule has 1 atom stereocenters. The lowest BCUT2D eigenvalue weighted by molar-refractivity contribution is 0.0523. The SMILES string of the molecule is CCCN(CC)C(C)(CN)C1(C)CC1. The van der Waals surface area contributed by atoms with E-state index in [-0.39, 0.29) is 5.54 Å². The molecular formula is C12H26N2. The Morgan fingerprint density at radius 2 is 1.93 bits per heavy atom. The van der Waals surface area contributed by atoms with Gasteiger partial charge in [-0.15, -0.1) is 0 Å². The van der Waals surface area contributed by atoms with Gasteiger partial charge in [-0.05, 0) is 44.7 Å². The van der Waals surface area contributed by atoms with Crippen LogP contribution < -0.4 is 5.73 Å². The van der Waals surface area contributed by atoms with Crippen LogP contribution in [0.2, 0.25) is 0 Å². The van der Waals surface area contributed by atoms with Crippen molar-refractivity contribution in [2.45, 2.75) is 52.5 Å². The first kappa shape index (κ1) is 12.0. The third kappa shape index (κ3) is 1.82. The van der Waals surface area contributed by atoms with Gasteiger partial charge in [0.05, 0.1) is 0 Å². The average molecular weight is 198 g/mol. The molecule has 2 heteroatoms. The summed E-state index contributed by atoms with van der Waals surface area (Å²) in [5.41, 5.74) is 6.70. The van der Waals surface area contributed by atoms with E-state index in [2.05, 4.69) is 32.6 Å². The summed E-state index contributed by atoms with van der Waals surface area (Å²) in [7, 11) is 0. The van der Waals surface area contributed by atoms with E-state index in [1.807, 2.05) is 0 Å². The maximum atomic E-state index is 6.00. The summed E-state index contributed by atoms with van der Waals surface area (Å²) in [5, 5.41) is 0. The Kier molecular flexibility index (Phi) is 3.59.